The van der Waals surface area contributed by atoms with E-state index in [9.17, 15) is 39.6 Å². The van der Waals surface area contributed by atoms with Crippen molar-refractivity contribution < 1.29 is 39.6 Å². The molecule has 2 aliphatic heterocycles. The summed E-state index contributed by atoms with van der Waals surface area (Å²) >= 11 is 0. The van der Waals surface area contributed by atoms with Crippen LogP contribution in [-0.2, 0) is 44.9 Å². The molecule has 0 saturated heterocycles. The molecular formula is C52H38N4O8. The Balaban J connectivity index is 1.38. The number of hydrogen-bond donors (Lipinski definition) is 6. The molecule has 0 amide bonds. The summed E-state index contributed by atoms with van der Waals surface area (Å²) in [6, 6.07) is 37.2. The predicted octanol–water partition coefficient (Wildman–Crippen LogP) is 9.83. The molecule has 4 aromatic carbocycles. The second-order valence-corrected chi connectivity index (χ2v) is 15.6. The monoisotopic (exact) mass is 846 g/mol. The highest BCUT2D eigenvalue weighted by Gasteiger charge is 2.20. The van der Waals surface area contributed by atoms with E-state index >= 15 is 0 Å². The molecule has 314 valence electrons. The average molecular weight is 847 g/mol. The van der Waals surface area contributed by atoms with Crippen molar-refractivity contribution in [1.82, 2.24) is 19.9 Å². The highest BCUT2D eigenvalue weighted by molar-refractivity contribution is 6.00. The van der Waals surface area contributed by atoms with Crippen molar-refractivity contribution >= 4 is 70.2 Å². The molecule has 6 N–H and O–H groups in total. The van der Waals surface area contributed by atoms with Crippen molar-refractivity contribution in [2.24, 2.45) is 0 Å². The number of aromatic amines is 2. The van der Waals surface area contributed by atoms with E-state index in [4.69, 9.17) is 9.97 Å². The lowest BCUT2D eigenvalue weighted by molar-refractivity contribution is -0.137. The minimum atomic E-state index is -0.935. The number of fused-ring (bicyclic) bond motifs is 8. The van der Waals surface area contributed by atoms with E-state index in [2.05, 4.69) is 9.97 Å². The maximum Gasteiger partial charge on any atom is 0.307 e. The first-order valence-electron chi connectivity index (χ1n) is 20.4. The third kappa shape index (κ3) is 8.48. The number of carbonyl (C=O) groups is 4. The SMILES string of the molecule is O=C(O)Cc1ccc(-c2c3nc(c(-c4ccc(CC(=O)O)cc4)c4ccc([nH]4)c(-c4ccc(CC(=O)O)cc4)c4nc(c(-c5ccc(CC(=O)O)cc5)c5ccc2[nH]5)C=C4)C=C3)cc1. The molecule has 8 bridgehead atoms. The van der Waals surface area contributed by atoms with Crippen molar-refractivity contribution in [3.63, 3.8) is 0 Å². The van der Waals surface area contributed by atoms with Crippen LogP contribution < -0.4 is 0 Å². The van der Waals surface area contributed by atoms with Gasteiger partial charge in [-0.3, -0.25) is 19.2 Å². The standard InChI is InChI=1S/C52H38N4O8/c57-45(58)25-29-1-9-33(10-2-29)49-37-17-19-39(53-37)50(34-11-3-30(4-12-34)26-46(59)60)41-21-23-43(55-41)52(36-15-7-32(8-16-36)28-48(63)64)44-24-22-42(56-44)51(40-20-18-38(49)54-40)35-13-5-31(6-14-35)27-47(61)62/h1-24,53,56H,25-28H2,(H,57,58)(H,59,60)(H,61,62)(H,63,64). The number of nitrogens with zero attached hydrogens (tertiary/aromatic N) is 2. The molecule has 12 nitrogen and oxygen atoms in total. The van der Waals surface area contributed by atoms with Gasteiger partial charge in [-0.2, -0.15) is 0 Å². The van der Waals surface area contributed by atoms with Crippen LogP contribution >= 0.6 is 0 Å². The fourth-order valence-electron chi connectivity index (χ4n) is 8.28. The lowest BCUT2D eigenvalue weighted by Crippen LogP contribution is -1.99. The summed E-state index contributed by atoms with van der Waals surface area (Å²) in [7, 11) is 0. The summed E-state index contributed by atoms with van der Waals surface area (Å²) < 4.78 is 0. The first-order valence-corrected chi connectivity index (χ1v) is 20.4. The Bertz CT molecular complexity index is 2820. The second-order valence-electron chi connectivity index (χ2n) is 15.6. The lowest BCUT2D eigenvalue weighted by Gasteiger charge is -2.08. The van der Waals surface area contributed by atoms with Gasteiger partial charge >= 0.3 is 23.9 Å². The molecule has 0 saturated carbocycles. The minimum absolute atomic E-state index is 0.129. The number of aliphatic carboxylic acids is 4. The molecule has 64 heavy (non-hydrogen) atoms. The third-order valence-corrected chi connectivity index (χ3v) is 11.1. The number of carboxylic acid groups (broad SMARTS) is 4. The van der Waals surface area contributed by atoms with Crippen molar-refractivity contribution in [2.45, 2.75) is 25.7 Å². The molecule has 0 radical (unpaired) electrons. The van der Waals surface area contributed by atoms with Crippen LogP contribution in [0.3, 0.4) is 0 Å². The molecule has 3 aromatic heterocycles. The highest BCUT2D eigenvalue weighted by Crippen LogP contribution is 2.39. The quantitative estimate of drug-likeness (QED) is 0.0686. The van der Waals surface area contributed by atoms with Crippen LogP contribution in [0, 0.1) is 0 Å². The van der Waals surface area contributed by atoms with E-state index in [1.165, 1.54) is 0 Å². The van der Waals surface area contributed by atoms with E-state index in [1.54, 1.807) is 48.5 Å². The fourth-order valence-corrected chi connectivity index (χ4v) is 8.28. The van der Waals surface area contributed by atoms with E-state index in [0.717, 1.165) is 66.6 Å². The minimum Gasteiger partial charge on any atom is -0.481 e. The fraction of sp³-hybridized carbons (Fsp3) is 0.0769. The molecule has 0 fully saturated rings. The maximum absolute atomic E-state index is 11.6. The zero-order valence-corrected chi connectivity index (χ0v) is 34.0. The van der Waals surface area contributed by atoms with Gasteiger partial charge in [0.25, 0.3) is 0 Å². The van der Waals surface area contributed by atoms with Gasteiger partial charge in [0.1, 0.15) is 0 Å². The summed E-state index contributed by atoms with van der Waals surface area (Å²) in [4.78, 5) is 64.2. The van der Waals surface area contributed by atoms with Gasteiger partial charge in [-0.15, -0.1) is 0 Å². The molecular weight excluding hydrogens is 809 g/mol. The van der Waals surface area contributed by atoms with Gasteiger partial charge in [-0.1, -0.05) is 97.1 Å². The van der Waals surface area contributed by atoms with Crippen molar-refractivity contribution in [3.8, 4) is 44.5 Å². The van der Waals surface area contributed by atoms with E-state index in [1.807, 2.05) is 97.1 Å². The van der Waals surface area contributed by atoms with Crippen LogP contribution in [0.1, 0.15) is 45.0 Å². The van der Waals surface area contributed by atoms with Gasteiger partial charge in [-0.25, -0.2) is 9.97 Å². The zero-order valence-electron chi connectivity index (χ0n) is 34.0. The van der Waals surface area contributed by atoms with Gasteiger partial charge < -0.3 is 30.4 Å². The molecule has 12 heteroatoms. The van der Waals surface area contributed by atoms with Gasteiger partial charge in [0.15, 0.2) is 0 Å². The molecule has 9 rings (SSSR count). The van der Waals surface area contributed by atoms with Gasteiger partial charge in [0.2, 0.25) is 0 Å². The average Bonchev–Trinajstić information content (AvgIpc) is 4.11. The van der Waals surface area contributed by atoms with Crippen LogP contribution in [-0.4, -0.2) is 64.2 Å². The lowest BCUT2D eigenvalue weighted by atomic mass is 10.0. The van der Waals surface area contributed by atoms with E-state index < -0.39 is 23.9 Å². The first kappa shape index (κ1) is 40.7. The topological polar surface area (TPSA) is 207 Å². The largest absolute Gasteiger partial charge is 0.481 e. The van der Waals surface area contributed by atoms with Gasteiger partial charge in [0.05, 0.1) is 48.5 Å². The number of H-pyrrole nitrogens is 2. The Morgan fingerprint density at radius 1 is 0.328 bits per heavy atom. The Morgan fingerprint density at radius 2 is 0.531 bits per heavy atom. The predicted molar refractivity (Wildman–Crippen MR) is 246 cm³/mol. The van der Waals surface area contributed by atoms with Gasteiger partial charge in [0, 0.05) is 44.3 Å². The van der Waals surface area contributed by atoms with Crippen LogP contribution in [0.25, 0.3) is 90.9 Å². The molecule has 7 aromatic rings. The molecule has 5 heterocycles. The smallest absolute Gasteiger partial charge is 0.307 e. The Labute approximate surface area is 365 Å². The molecule has 2 aliphatic rings. The third-order valence-electron chi connectivity index (χ3n) is 11.1. The normalized spacial score (nSPS) is 11.8. The van der Waals surface area contributed by atoms with Crippen LogP contribution in [0.2, 0.25) is 0 Å². The number of nitrogens with one attached hydrogen (secondary N) is 2. The molecule has 0 aliphatic carbocycles. The molecule has 0 unspecified atom stereocenters. The summed E-state index contributed by atoms with van der Waals surface area (Å²) in [5.74, 6) is -3.74. The van der Waals surface area contributed by atoms with Crippen LogP contribution in [0.15, 0.2) is 121 Å². The molecule has 0 atom stereocenters. The number of benzene rings is 4. The first-order chi connectivity index (χ1) is 30.9. The van der Waals surface area contributed by atoms with E-state index in [-0.39, 0.29) is 25.7 Å². The van der Waals surface area contributed by atoms with Crippen molar-refractivity contribution in [2.75, 3.05) is 0 Å². The van der Waals surface area contributed by atoms with Crippen molar-refractivity contribution in [3.05, 3.63) is 166 Å². The highest BCUT2D eigenvalue weighted by atomic mass is 16.4. The summed E-state index contributed by atoms with van der Waals surface area (Å²) in [5.41, 5.74) is 14.2. The summed E-state index contributed by atoms with van der Waals surface area (Å²) in [6.07, 6.45) is 7.22. The Kier molecular flexibility index (Phi) is 10.8. The van der Waals surface area contributed by atoms with E-state index in [0.29, 0.717) is 45.0 Å². The Hall–Kier alpha value is -8.64. The maximum atomic E-state index is 11.6. The van der Waals surface area contributed by atoms with Crippen LogP contribution in [0.4, 0.5) is 0 Å². The number of carboxylic acids is 4. The van der Waals surface area contributed by atoms with Crippen molar-refractivity contribution in [1.29, 1.82) is 0 Å². The summed E-state index contributed by atoms with van der Waals surface area (Å²) in [5, 5.41) is 38.0. The number of rotatable bonds is 12. The Morgan fingerprint density at radius 3 is 0.719 bits per heavy atom. The number of aromatic nitrogens is 4. The van der Waals surface area contributed by atoms with Gasteiger partial charge in [-0.05, 0) is 93.1 Å². The second kappa shape index (κ2) is 17.0. The zero-order chi connectivity index (χ0) is 44.5. The number of hydrogen-bond acceptors (Lipinski definition) is 6. The summed E-state index contributed by atoms with van der Waals surface area (Å²) in [6.45, 7) is 0. The molecule has 0 spiro atoms. The van der Waals surface area contributed by atoms with Crippen LogP contribution in [0.5, 0.6) is 0 Å².